The largest absolute Gasteiger partial charge is 0.423 e. The fraction of sp³-hybridized carbons (Fsp3) is 0.158. The van der Waals surface area contributed by atoms with E-state index in [2.05, 4.69) is 38.8 Å². The summed E-state index contributed by atoms with van der Waals surface area (Å²) in [4.78, 5) is 11.0. The van der Waals surface area contributed by atoms with Gasteiger partial charge in [0.15, 0.2) is 5.58 Å². The van der Waals surface area contributed by atoms with Crippen molar-refractivity contribution in [2.45, 2.75) is 13.1 Å². The number of para-hydroxylation sites is 2. The van der Waals surface area contributed by atoms with E-state index in [1.165, 1.54) is 5.56 Å². The number of nitrogens with zero attached hydrogens (tertiary/aromatic N) is 4. The topological polar surface area (TPSA) is 47.1 Å². The SMILES string of the molecule is CN(Cc1nccn1Cc1ccccc1)c1nc2ccccc2o1. The Balaban J connectivity index is 1.54. The second kappa shape index (κ2) is 6.20. The zero-order valence-electron chi connectivity index (χ0n) is 13.5. The average Bonchev–Trinajstić information content (AvgIpc) is 3.23. The van der Waals surface area contributed by atoms with Gasteiger partial charge in [-0.3, -0.25) is 0 Å². The van der Waals surface area contributed by atoms with Gasteiger partial charge in [0.2, 0.25) is 0 Å². The fourth-order valence-electron chi connectivity index (χ4n) is 2.72. The minimum absolute atomic E-state index is 0.602. The molecule has 2 aromatic carbocycles. The number of fused-ring (bicyclic) bond motifs is 1. The number of rotatable bonds is 5. The molecule has 2 heterocycles. The van der Waals surface area contributed by atoms with E-state index >= 15 is 0 Å². The first-order valence-corrected chi connectivity index (χ1v) is 7.90. The van der Waals surface area contributed by atoms with Crippen molar-refractivity contribution in [3.8, 4) is 0 Å². The van der Waals surface area contributed by atoms with Crippen molar-refractivity contribution in [1.82, 2.24) is 14.5 Å². The van der Waals surface area contributed by atoms with Gasteiger partial charge in [0.05, 0.1) is 6.54 Å². The number of aromatic nitrogens is 3. The third-order valence-corrected chi connectivity index (χ3v) is 3.99. The molecule has 2 aromatic heterocycles. The Kier molecular flexibility index (Phi) is 3.75. The first-order valence-electron chi connectivity index (χ1n) is 7.90. The minimum atomic E-state index is 0.602. The molecule has 0 fully saturated rings. The molecule has 0 saturated carbocycles. The van der Waals surface area contributed by atoms with Gasteiger partial charge in [0.1, 0.15) is 11.3 Å². The first-order chi connectivity index (χ1) is 11.8. The van der Waals surface area contributed by atoms with Crippen LogP contribution in [0.5, 0.6) is 0 Å². The fourth-order valence-corrected chi connectivity index (χ4v) is 2.72. The minimum Gasteiger partial charge on any atom is -0.423 e. The number of hydrogen-bond acceptors (Lipinski definition) is 4. The molecule has 0 bridgehead atoms. The number of benzene rings is 2. The second-order valence-electron chi connectivity index (χ2n) is 5.78. The Morgan fingerprint density at radius 1 is 1.04 bits per heavy atom. The van der Waals surface area contributed by atoms with Crippen LogP contribution in [0.3, 0.4) is 0 Å². The molecular weight excluding hydrogens is 300 g/mol. The summed E-state index contributed by atoms with van der Waals surface area (Å²) in [6.07, 6.45) is 3.83. The van der Waals surface area contributed by atoms with Crippen molar-refractivity contribution in [1.29, 1.82) is 0 Å². The lowest BCUT2D eigenvalue weighted by atomic mass is 10.2. The summed E-state index contributed by atoms with van der Waals surface area (Å²) >= 11 is 0. The van der Waals surface area contributed by atoms with E-state index in [0.29, 0.717) is 12.6 Å². The van der Waals surface area contributed by atoms with Gasteiger partial charge in [-0.05, 0) is 17.7 Å². The van der Waals surface area contributed by atoms with E-state index in [1.54, 1.807) is 0 Å². The molecule has 0 aliphatic rings. The molecular formula is C19H18N4O. The molecule has 0 spiro atoms. The Labute approximate surface area is 140 Å². The van der Waals surface area contributed by atoms with Crippen LogP contribution in [0.15, 0.2) is 71.4 Å². The summed E-state index contributed by atoms with van der Waals surface area (Å²) in [6.45, 7) is 1.43. The smallest absolute Gasteiger partial charge is 0.298 e. The number of hydrogen-bond donors (Lipinski definition) is 0. The van der Waals surface area contributed by atoms with Crippen LogP contribution in [-0.4, -0.2) is 21.6 Å². The maximum Gasteiger partial charge on any atom is 0.298 e. The zero-order chi connectivity index (χ0) is 16.4. The van der Waals surface area contributed by atoms with Crippen LogP contribution in [-0.2, 0) is 13.1 Å². The van der Waals surface area contributed by atoms with Gasteiger partial charge < -0.3 is 13.9 Å². The highest BCUT2D eigenvalue weighted by Gasteiger charge is 2.13. The molecule has 4 rings (SSSR count). The molecule has 0 aliphatic carbocycles. The molecule has 24 heavy (non-hydrogen) atoms. The van der Waals surface area contributed by atoms with Gasteiger partial charge >= 0.3 is 0 Å². The van der Waals surface area contributed by atoms with Gasteiger partial charge in [-0.15, -0.1) is 0 Å². The van der Waals surface area contributed by atoms with Crippen LogP contribution < -0.4 is 4.90 Å². The third kappa shape index (κ3) is 2.88. The lowest BCUT2D eigenvalue weighted by Crippen LogP contribution is -2.20. The molecule has 0 saturated heterocycles. The summed E-state index contributed by atoms with van der Waals surface area (Å²) in [5, 5.41) is 0. The van der Waals surface area contributed by atoms with E-state index in [0.717, 1.165) is 23.5 Å². The summed E-state index contributed by atoms with van der Waals surface area (Å²) < 4.78 is 7.96. The van der Waals surface area contributed by atoms with Crippen LogP contribution in [0.4, 0.5) is 6.01 Å². The molecule has 0 radical (unpaired) electrons. The van der Waals surface area contributed by atoms with Crippen molar-refractivity contribution in [3.05, 3.63) is 78.4 Å². The summed E-state index contributed by atoms with van der Waals surface area (Å²) in [5.41, 5.74) is 2.92. The van der Waals surface area contributed by atoms with E-state index in [4.69, 9.17) is 4.42 Å². The Hall–Kier alpha value is -3.08. The lowest BCUT2D eigenvalue weighted by Gasteiger charge is -2.15. The lowest BCUT2D eigenvalue weighted by molar-refractivity contribution is 0.573. The van der Waals surface area contributed by atoms with Crippen molar-refractivity contribution in [2.75, 3.05) is 11.9 Å². The highest BCUT2D eigenvalue weighted by atomic mass is 16.4. The predicted octanol–water partition coefficient (Wildman–Crippen LogP) is 3.71. The molecule has 5 nitrogen and oxygen atoms in total. The molecule has 0 amide bonds. The molecule has 0 unspecified atom stereocenters. The Morgan fingerprint density at radius 3 is 2.67 bits per heavy atom. The van der Waals surface area contributed by atoms with Crippen LogP contribution in [0.1, 0.15) is 11.4 Å². The van der Waals surface area contributed by atoms with Crippen LogP contribution in [0.25, 0.3) is 11.1 Å². The summed E-state index contributed by atoms with van der Waals surface area (Å²) in [6, 6.07) is 18.8. The van der Waals surface area contributed by atoms with Crippen LogP contribution >= 0.6 is 0 Å². The summed E-state index contributed by atoms with van der Waals surface area (Å²) in [7, 11) is 1.96. The maximum absolute atomic E-state index is 5.81. The monoisotopic (exact) mass is 318 g/mol. The zero-order valence-corrected chi connectivity index (χ0v) is 13.5. The Bertz CT molecular complexity index is 909. The quantitative estimate of drug-likeness (QED) is 0.563. The molecule has 4 aromatic rings. The predicted molar refractivity (Wildman–Crippen MR) is 93.9 cm³/mol. The summed E-state index contributed by atoms with van der Waals surface area (Å²) in [5.74, 6) is 0.976. The molecule has 5 heteroatoms. The van der Waals surface area contributed by atoms with Crippen molar-refractivity contribution in [3.63, 3.8) is 0 Å². The highest BCUT2D eigenvalue weighted by molar-refractivity contribution is 5.74. The number of anilines is 1. The van der Waals surface area contributed by atoms with Gasteiger partial charge in [-0.1, -0.05) is 42.5 Å². The Morgan fingerprint density at radius 2 is 1.83 bits per heavy atom. The third-order valence-electron chi connectivity index (χ3n) is 3.99. The van der Waals surface area contributed by atoms with Crippen molar-refractivity contribution >= 4 is 17.1 Å². The first kappa shape index (κ1) is 14.5. The second-order valence-corrected chi connectivity index (χ2v) is 5.78. The maximum atomic E-state index is 5.81. The van der Waals surface area contributed by atoms with Crippen LogP contribution in [0.2, 0.25) is 0 Å². The number of oxazole rings is 1. The molecule has 0 aliphatic heterocycles. The molecule has 0 atom stereocenters. The van der Waals surface area contributed by atoms with Crippen molar-refractivity contribution < 1.29 is 4.42 Å². The van der Waals surface area contributed by atoms with Crippen LogP contribution in [0, 0.1) is 0 Å². The van der Waals surface area contributed by atoms with E-state index in [1.807, 2.05) is 54.7 Å². The normalized spacial score (nSPS) is 11.0. The highest BCUT2D eigenvalue weighted by Crippen LogP contribution is 2.21. The van der Waals surface area contributed by atoms with Gasteiger partial charge in [0.25, 0.3) is 6.01 Å². The average molecular weight is 318 g/mol. The van der Waals surface area contributed by atoms with Gasteiger partial charge in [-0.2, -0.15) is 4.98 Å². The van der Waals surface area contributed by atoms with Gasteiger partial charge in [-0.25, -0.2) is 4.98 Å². The van der Waals surface area contributed by atoms with Crippen molar-refractivity contribution in [2.24, 2.45) is 0 Å². The van der Waals surface area contributed by atoms with Gasteiger partial charge in [0, 0.05) is 26.0 Å². The molecule has 120 valence electrons. The van der Waals surface area contributed by atoms with E-state index in [9.17, 15) is 0 Å². The number of imidazole rings is 1. The molecule has 0 N–H and O–H groups in total. The standard InChI is InChI=1S/C19H18N4O/c1-22(19-21-16-9-5-6-10-17(16)24-19)14-18-20-11-12-23(18)13-15-7-3-2-4-8-15/h2-12H,13-14H2,1H3. The van der Waals surface area contributed by atoms with E-state index in [-0.39, 0.29) is 0 Å². The van der Waals surface area contributed by atoms with E-state index < -0.39 is 0 Å².